The number of halogens is 1. The Morgan fingerprint density at radius 3 is 3.00 bits per heavy atom. The highest BCUT2D eigenvalue weighted by Gasteiger charge is 2.34. The van der Waals surface area contributed by atoms with E-state index in [1.807, 2.05) is 25.1 Å². The van der Waals surface area contributed by atoms with Crippen LogP contribution in [-0.2, 0) is 14.3 Å². The Hall–Kier alpha value is -2.03. The van der Waals surface area contributed by atoms with Crippen LogP contribution in [0.5, 0.6) is 0 Å². The highest BCUT2D eigenvalue weighted by molar-refractivity contribution is 7.15. The lowest BCUT2D eigenvalue weighted by Crippen LogP contribution is -2.26. The molecule has 2 aliphatic rings. The summed E-state index contributed by atoms with van der Waals surface area (Å²) < 4.78 is 5.37. The molecule has 2 aliphatic heterocycles. The normalized spacial score (nSPS) is 22.4. The van der Waals surface area contributed by atoms with Crippen molar-refractivity contribution in [3.63, 3.8) is 0 Å². The van der Waals surface area contributed by atoms with Crippen LogP contribution in [0, 0.1) is 6.92 Å². The van der Waals surface area contributed by atoms with Crippen molar-refractivity contribution in [1.82, 2.24) is 10.2 Å². The van der Waals surface area contributed by atoms with Crippen molar-refractivity contribution in [1.29, 1.82) is 0 Å². The number of aromatic nitrogens is 2. The summed E-state index contributed by atoms with van der Waals surface area (Å²) in [6.45, 7) is 3.06. The van der Waals surface area contributed by atoms with E-state index in [0.29, 0.717) is 29.7 Å². The number of carbonyl (C=O) groups excluding carboxylic acids is 2. The summed E-state index contributed by atoms with van der Waals surface area (Å²) in [5.74, 6) is -0.211. The Balaban J connectivity index is 1.43. The van der Waals surface area contributed by atoms with Crippen molar-refractivity contribution < 1.29 is 14.3 Å². The number of ether oxygens (including phenoxy) is 1. The summed E-state index contributed by atoms with van der Waals surface area (Å²) in [5, 5.41) is 12.8. The van der Waals surface area contributed by atoms with Gasteiger partial charge in [-0.3, -0.25) is 14.9 Å². The number of anilines is 2. The fourth-order valence-corrected chi connectivity index (χ4v) is 4.30. The van der Waals surface area contributed by atoms with Gasteiger partial charge in [-0.1, -0.05) is 29.0 Å². The predicted molar refractivity (Wildman–Crippen MR) is 103 cm³/mol. The van der Waals surface area contributed by atoms with Gasteiger partial charge in [0.05, 0.1) is 0 Å². The molecule has 0 saturated carbocycles. The number of nitrogens with one attached hydrogen (secondary N) is 1. The van der Waals surface area contributed by atoms with E-state index in [2.05, 4.69) is 15.5 Å². The van der Waals surface area contributed by atoms with Crippen LogP contribution in [0.2, 0.25) is 5.02 Å². The molecular weight excluding hydrogens is 388 g/mol. The van der Waals surface area contributed by atoms with Gasteiger partial charge in [0, 0.05) is 36.2 Å². The molecule has 1 aromatic carbocycles. The van der Waals surface area contributed by atoms with E-state index in [4.69, 9.17) is 16.3 Å². The summed E-state index contributed by atoms with van der Waals surface area (Å²) >= 11 is 7.50. The molecule has 9 heteroatoms. The molecule has 0 radical (unpaired) electrons. The van der Waals surface area contributed by atoms with E-state index < -0.39 is 6.10 Å². The summed E-state index contributed by atoms with van der Waals surface area (Å²) in [5.41, 5.74) is 1.76. The molecule has 2 saturated heterocycles. The lowest BCUT2D eigenvalue weighted by atomic mass is 10.1. The summed E-state index contributed by atoms with van der Waals surface area (Å²) in [7, 11) is 0. The van der Waals surface area contributed by atoms with Crippen molar-refractivity contribution in [3.05, 3.63) is 33.8 Å². The number of hydrogen-bond donors (Lipinski definition) is 1. The average molecular weight is 407 g/mol. The van der Waals surface area contributed by atoms with Crippen LogP contribution < -0.4 is 10.2 Å². The van der Waals surface area contributed by atoms with Gasteiger partial charge < -0.3 is 9.64 Å². The van der Waals surface area contributed by atoms with Crippen LogP contribution >= 0.6 is 22.9 Å². The van der Waals surface area contributed by atoms with Crippen molar-refractivity contribution in [3.8, 4) is 0 Å². The quantitative estimate of drug-likeness (QED) is 0.843. The van der Waals surface area contributed by atoms with Gasteiger partial charge in [0.1, 0.15) is 11.1 Å². The van der Waals surface area contributed by atoms with Crippen molar-refractivity contribution >= 4 is 45.6 Å². The largest absolute Gasteiger partial charge is 0.368 e. The monoisotopic (exact) mass is 406 g/mol. The Kier molecular flexibility index (Phi) is 5.12. The Bertz CT molecular complexity index is 881. The third-order valence-corrected chi connectivity index (χ3v) is 6.24. The first-order valence-corrected chi connectivity index (χ1v) is 10.0. The Labute approximate surface area is 165 Å². The molecule has 2 atom stereocenters. The van der Waals surface area contributed by atoms with Crippen LogP contribution in [0.15, 0.2) is 18.2 Å². The maximum Gasteiger partial charge on any atom is 0.255 e. The minimum atomic E-state index is -0.410. The second-order valence-electron chi connectivity index (χ2n) is 6.78. The van der Waals surface area contributed by atoms with Gasteiger partial charge in [-0.2, -0.15) is 0 Å². The smallest absolute Gasteiger partial charge is 0.255 e. The zero-order valence-electron chi connectivity index (χ0n) is 14.8. The van der Waals surface area contributed by atoms with Crippen LogP contribution in [0.25, 0.3) is 0 Å². The van der Waals surface area contributed by atoms with E-state index in [-0.39, 0.29) is 17.7 Å². The molecule has 1 N–H and O–H groups in total. The molecule has 2 aromatic rings. The summed E-state index contributed by atoms with van der Waals surface area (Å²) in [4.78, 5) is 26.3. The van der Waals surface area contributed by atoms with Gasteiger partial charge in [0.15, 0.2) is 0 Å². The van der Waals surface area contributed by atoms with E-state index in [9.17, 15) is 9.59 Å². The maximum absolute atomic E-state index is 12.5. The SMILES string of the molecule is Cc1ccc(N2C[C@@H](c3nnc(NC(=O)[C@H]4CCCO4)s3)CC2=O)cc1Cl. The van der Waals surface area contributed by atoms with Gasteiger partial charge in [-0.05, 0) is 37.5 Å². The highest BCUT2D eigenvalue weighted by Crippen LogP contribution is 2.35. The second-order valence-corrected chi connectivity index (χ2v) is 8.19. The zero-order chi connectivity index (χ0) is 19.0. The molecule has 0 unspecified atom stereocenters. The van der Waals surface area contributed by atoms with Gasteiger partial charge in [0.2, 0.25) is 11.0 Å². The number of rotatable bonds is 4. The maximum atomic E-state index is 12.5. The number of nitrogens with zero attached hydrogens (tertiary/aromatic N) is 3. The first-order valence-electron chi connectivity index (χ1n) is 8.83. The van der Waals surface area contributed by atoms with Crippen LogP contribution in [0.1, 0.15) is 35.8 Å². The molecule has 2 amide bonds. The van der Waals surface area contributed by atoms with Gasteiger partial charge >= 0.3 is 0 Å². The fraction of sp³-hybridized carbons (Fsp3) is 0.444. The fourth-order valence-electron chi connectivity index (χ4n) is 3.29. The lowest BCUT2D eigenvalue weighted by molar-refractivity contribution is -0.124. The van der Waals surface area contributed by atoms with E-state index in [1.54, 1.807) is 4.90 Å². The van der Waals surface area contributed by atoms with Gasteiger partial charge in [-0.25, -0.2) is 0 Å². The molecule has 4 rings (SSSR count). The molecule has 0 aliphatic carbocycles. The number of benzene rings is 1. The second kappa shape index (κ2) is 7.53. The molecule has 0 spiro atoms. The van der Waals surface area contributed by atoms with Crippen molar-refractivity contribution in [2.24, 2.45) is 0 Å². The Morgan fingerprint density at radius 1 is 1.41 bits per heavy atom. The average Bonchev–Trinajstić information content (AvgIpc) is 3.38. The van der Waals surface area contributed by atoms with Crippen molar-refractivity contribution in [2.45, 2.75) is 38.2 Å². The topological polar surface area (TPSA) is 84.4 Å². The summed E-state index contributed by atoms with van der Waals surface area (Å²) in [6.07, 6.45) is 1.57. The van der Waals surface area contributed by atoms with Crippen LogP contribution in [0.4, 0.5) is 10.8 Å². The molecule has 27 heavy (non-hydrogen) atoms. The molecule has 7 nitrogen and oxygen atoms in total. The van der Waals surface area contributed by atoms with E-state index in [0.717, 1.165) is 29.1 Å². The molecular formula is C18H19ClN4O3S. The van der Waals surface area contributed by atoms with E-state index >= 15 is 0 Å². The minimum absolute atomic E-state index is 0.0278. The van der Waals surface area contributed by atoms with Crippen LogP contribution in [-0.4, -0.2) is 41.3 Å². The molecule has 1 aromatic heterocycles. The Morgan fingerprint density at radius 2 is 2.26 bits per heavy atom. The summed E-state index contributed by atoms with van der Waals surface area (Å²) in [6, 6.07) is 5.61. The predicted octanol–water partition coefficient (Wildman–Crippen LogP) is 3.14. The number of amides is 2. The molecule has 3 heterocycles. The highest BCUT2D eigenvalue weighted by atomic mass is 35.5. The number of carbonyl (C=O) groups is 2. The third-order valence-electron chi connectivity index (χ3n) is 4.83. The van der Waals surface area contributed by atoms with Gasteiger partial charge in [0.25, 0.3) is 5.91 Å². The first kappa shape index (κ1) is 18.3. The van der Waals surface area contributed by atoms with E-state index in [1.165, 1.54) is 11.3 Å². The third kappa shape index (κ3) is 3.83. The standard InChI is InChI=1S/C18H19ClN4O3S/c1-10-4-5-12(8-13(10)19)23-9-11(7-15(23)24)17-21-22-18(27-17)20-16(25)14-3-2-6-26-14/h4-5,8,11,14H,2-3,6-7,9H2,1H3,(H,20,22,25)/t11-,14+/m0/s1. The minimum Gasteiger partial charge on any atom is -0.368 e. The first-order chi connectivity index (χ1) is 13.0. The van der Waals surface area contributed by atoms with Crippen LogP contribution in [0.3, 0.4) is 0 Å². The molecule has 0 bridgehead atoms. The lowest BCUT2D eigenvalue weighted by Gasteiger charge is -2.17. The molecule has 2 fully saturated rings. The van der Waals surface area contributed by atoms with Gasteiger partial charge in [-0.15, -0.1) is 10.2 Å². The van der Waals surface area contributed by atoms with Crippen molar-refractivity contribution in [2.75, 3.05) is 23.4 Å². The zero-order valence-corrected chi connectivity index (χ0v) is 16.3. The number of hydrogen-bond acceptors (Lipinski definition) is 6. The number of aryl methyl sites for hydroxylation is 1. The molecule has 142 valence electrons.